The summed E-state index contributed by atoms with van der Waals surface area (Å²) in [6.45, 7) is 0. The smallest absolute Gasteiger partial charge is 0.227 e. The standard InChI is InChI=1S/C20H14N4O2/c21-13-5-1-11(2-6-13)19-23-15-9-16-18(10-17(15)25-19)26-20(24-16)12-3-7-14(22)8-4-12/h1-10H,21-22H2. The first-order valence-electron chi connectivity index (χ1n) is 8.09. The maximum absolute atomic E-state index is 5.88. The van der Waals surface area contributed by atoms with E-state index in [1.165, 1.54) is 0 Å². The van der Waals surface area contributed by atoms with Crippen LogP contribution in [-0.2, 0) is 0 Å². The Labute approximate surface area is 148 Å². The molecule has 5 aromatic rings. The van der Waals surface area contributed by atoms with Gasteiger partial charge in [-0.2, -0.15) is 0 Å². The highest BCUT2D eigenvalue weighted by atomic mass is 16.4. The van der Waals surface area contributed by atoms with Crippen LogP contribution in [0.15, 0.2) is 69.5 Å². The maximum atomic E-state index is 5.88. The molecule has 4 N–H and O–H groups in total. The molecule has 0 fully saturated rings. The Hall–Kier alpha value is -3.80. The Morgan fingerprint density at radius 2 is 1.00 bits per heavy atom. The van der Waals surface area contributed by atoms with E-state index in [1.807, 2.05) is 60.7 Å². The third kappa shape index (κ3) is 2.36. The molecule has 6 heteroatoms. The van der Waals surface area contributed by atoms with Crippen LogP contribution in [0, 0.1) is 0 Å². The summed E-state index contributed by atoms with van der Waals surface area (Å²) in [6.07, 6.45) is 0. The summed E-state index contributed by atoms with van der Waals surface area (Å²) in [5.41, 5.74) is 17.3. The van der Waals surface area contributed by atoms with E-state index >= 15 is 0 Å². The molecule has 126 valence electrons. The van der Waals surface area contributed by atoms with E-state index in [9.17, 15) is 0 Å². The molecule has 3 aromatic carbocycles. The van der Waals surface area contributed by atoms with Gasteiger partial charge in [0.2, 0.25) is 11.8 Å². The largest absolute Gasteiger partial charge is 0.436 e. The number of rotatable bonds is 2. The molecule has 0 radical (unpaired) electrons. The fraction of sp³-hybridized carbons (Fsp3) is 0. The molecule has 0 unspecified atom stereocenters. The van der Waals surface area contributed by atoms with E-state index in [0.29, 0.717) is 34.3 Å². The van der Waals surface area contributed by atoms with Crippen molar-refractivity contribution in [1.82, 2.24) is 9.97 Å². The number of oxazole rings is 2. The molecule has 0 saturated carbocycles. The van der Waals surface area contributed by atoms with E-state index < -0.39 is 0 Å². The summed E-state index contributed by atoms with van der Waals surface area (Å²) in [6, 6.07) is 18.4. The van der Waals surface area contributed by atoms with Crippen molar-refractivity contribution in [3.63, 3.8) is 0 Å². The zero-order chi connectivity index (χ0) is 17.7. The van der Waals surface area contributed by atoms with E-state index in [4.69, 9.17) is 20.3 Å². The molecule has 6 nitrogen and oxygen atoms in total. The Kier molecular flexibility index (Phi) is 2.99. The molecule has 0 aliphatic heterocycles. The van der Waals surface area contributed by atoms with Crippen LogP contribution >= 0.6 is 0 Å². The van der Waals surface area contributed by atoms with Gasteiger partial charge in [-0.05, 0) is 54.6 Å². The van der Waals surface area contributed by atoms with Gasteiger partial charge in [0, 0.05) is 28.6 Å². The van der Waals surface area contributed by atoms with Gasteiger partial charge in [-0.25, -0.2) is 9.97 Å². The highest BCUT2D eigenvalue weighted by molar-refractivity contribution is 5.91. The van der Waals surface area contributed by atoms with Gasteiger partial charge in [0.1, 0.15) is 11.0 Å². The van der Waals surface area contributed by atoms with Crippen molar-refractivity contribution in [3.8, 4) is 22.9 Å². The Morgan fingerprint density at radius 3 is 1.42 bits per heavy atom. The van der Waals surface area contributed by atoms with E-state index in [-0.39, 0.29) is 0 Å². The van der Waals surface area contributed by atoms with Gasteiger partial charge >= 0.3 is 0 Å². The average molecular weight is 342 g/mol. The first-order chi connectivity index (χ1) is 12.7. The van der Waals surface area contributed by atoms with Crippen molar-refractivity contribution in [2.75, 3.05) is 11.5 Å². The van der Waals surface area contributed by atoms with Crippen LogP contribution in [0.4, 0.5) is 11.4 Å². The zero-order valence-corrected chi connectivity index (χ0v) is 13.6. The summed E-state index contributed by atoms with van der Waals surface area (Å²) in [7, 11) is 0. The number of aromatic nitrogens is 2. The summed E-state index contributed by atoms with van der Waals surface area (Å²) >= 11 is 0. The number of nitrogens with zero attached hydrogens (tertiary/aromatic N) is 2. The number of anilines is 2. The second-order valence-corrected chi connectivity index (χ2v) is 6.07. The average Bonchev–Trinajstić information content (AvgIpc) is 3.23. The lowest BCUT2D eigenvalue weighted by atomic mass is 10.2. The van der Waals surface area contributed by atoms with Crippen molar-refractivity contribution < 1.29 is 8.83 Å². The fourth-order valence-electron chi connectivity index (χ4n) is 2.85. The topological polar surface area (TPSA) is 104 Å². The summed E-state index contributed by atoms with van der Waals surface area (Å²) in [5.74, 6) is 1.07. The predicted molar refractivity (Wildman–Crippen MR) is 101 cm³/mol. The zero-order valence-electron chi connectivity index (χ0n) is 13.6. The lowest BCUT2D eigenvalue weighted by Crippen LogP contribution is -1.83. The molecule has 0 aliphatic carbocycles. The normalized spacial score (nSPS) is 11.4. The quantitative estimate of drug-likeness (QED) is 0.459. The van der Waals surface area contributed by atoms with E-state index in [2.05, 4.69) is 9.97 Å². The number of hydrogen-bond acceptors (Lipinski definition) is 6. The summed E-state index contributed by atoms with van der Waals surface area (Å²) in [4.78, 5) is 9.10. The van der Waals surface area contributed by atoms with E-state index in [0.717, 1.165) is 22.2 Å². The van der Waals surface area contributed by atoms with Crippen LogP contribution in [-0.4, -0.2) is 9.97 Å². The lowest BCUT2D eigenvalue weighted by molar-refractivity contribution is 0.609. The molecule has 26 heavy (non-hydrogen) atoms. The summed E-state index contributed by atoms with van der Waals surface area (Å²) < 4.78 is 11.8. The Balaban J connectivity index is 1.60. The van der Waals surface area contributed by atoms with Gasteiger partial charge in [-0.15, -0.1) is 0 Å². The monoisotopic (exact) mass is 342 g/mol. The van der Waals surface area contributed by atoms with E-state index in [1.54, 1.807) is 0 Å². The molecule has 2 heterocycles. The lowest BCUT2D eigenvalue weighted by Gasteiger charge is -1.95. The highest BCUT2D eigenvalue weighted by Gasteiger charge is 2.14. The number of benzene rings is 3. The van der Waals surface area contributed by atoms with Gasteiger partial charge < -0.3 is 20.3 Å². The molecule has 2 aromatic heterocycles. The SMILES string of the molecule is Nc1ccc(-c2nc3cc4nc(-c5ccc(N)cc5)oc4cc3o2)cc1. The number of fused-ring (bicyclic) bond motifs is 2. The van der Waals surface area contributed by atoms with Crippen LogP contribution < -0.4 is 11.5 Å². The van der Waals surface area contributed by atoms with Crippen LogP contribution in [0.1, 0.15) is 0 Å². The van der Waals surface area contributed by atoms with Crippen molar-refractivity contribution in [3.05, 3.63) is 60.7 Å². The molecule has 5 rings (SSSR count). The maximum Gasteiger partial charge on any atom is 0.227 e. The number of nitrogens with two attached hydrogens (primary N) is 2. The Bertz CT molecular complexity index is 1090. The molecule has 0 bridgehead atoms. The van der Waals surface area contributed by atoms with Gasteiger partial charge in [-0.3, -0.25) is 0 Å². The first-order valence-corrected chi connectivity index (χ1v) is 8.09. The molecule has 0 spiro atoms. The van der Waals surface area contributed by atoms with Gasteiger partial charge in [0.25, 0.3) is 0 Å². The minimum Gasteiger partial charge on any atom is -0.436 e. The van der Waals surface area contributed by atoms with Crippen molar-refractivity contribution in [2.45, 2.75) is 0 Å². The number of hydrogen-bond donors (Lipinski definition) is 2. The summed E-state index contributed by atoms with van der Waals surface area (Å²) in [5, 5.41) is 0. The van der Waals surface area contributed by atoms with Crippen molar-refractivity contribution in [2.24, 2.45) is 0 Å². The molecule has 0 amide bonds. The van der Waals surface area contributed by atoms with Crippen LogP contribution in [0.3, 0.4) is 0 Å². The number of nitrogen functional groups attached to an aromatic ring is 2. The third-order valence-corrected chi connectivity index (χ3v) is 4.21. The second-order valence-electron chi connectivity index (χ2n) is 6.07. The van der Waals surface area contributed by atoms with Gasteiger partial charge in [0.05, 0.1) is 0 Å². The fourth-order valence-corrected chi connectivity index (χ4v) is 2.85. The minimum absolute atomic E-state index is 0.534. The van der Waals surface area contributed by atoms with Crippen molar-refractivity contribution >= 4 is 33.6 Å². The Morgan fingerprint density at radius 1 is 0.577 bits per heavy atom. The second kappa shape index (κ2) is 5.35. The van der Waals surface area contributed by atoms with Crippen LogP contribution in [0.5, 0.6) is 0 Å². The van der Waals surface area contributed by atoms with Gasteiger partial charge in [-0.1, -0.05) is 0 Å². The van der Waals surface area contributed by atoms with Gasteiger partial charge in [0.15, 0.2) is 11.2 Å². The van der Waals surface area contributed by atoms with Crippen LogP contribution in [0.2, 0.25) is 0 Å². The molecule has 0 aliphatic rings. The predicted octanol–water partition coefficient (Wildman–Crippen LogP) is 4.47. The molecular formula is C20H14N4O2. The minimum atomic E-state index is 0.534. The molecule has 0 saturated heterocycles. The molecule has 0 atom stereocenters. The van der Waals surface area contributed by atoms with Crippen LogP contribution in [0.25, 0.3) is 45.1 Å². The van der Waals surface area contributed by atoms with Crippen molar-refractivity contribution in [1.29, 1.82) is 0 Å². The highest BCUT2D eigenvalue weighted by Crippen LogP contribution is 2.31. The molecular weight excluding hydrogens is 328 g/mol. The third-order valence-electron chi connectivity index (χ3n) is 4.21. The first kappa shape index (κ1) is 14.5.